The fraction of sp³-hybridized carbons (Fsp3) is 0.583. The van der Waals surface area contributed by atoms with E-state index in [1.807, 2.05) is 12.3 Å². The number of allylic oxidation sites excluding steroid dienone is 3. The fourth-order valence-electron chi connectivity index (χ4n) is 7.09. The molecule has 2 N–H and O–H groups in total. The van der Waals surface area contributed by atoms with E-state index in [4.69, 9.17) is 0 Å². The summed E-state index contributed by atoms with van der Waals surface area (Å²) in [6.07, 6.45) is 12.2. The Labute approximate surface area is 166 Å². The minimum absolute atomic E-state index is 0.0665. The van der Waals surface area contributed by atoms with Gasteiger partial charge in [-0.05, 0) is 71.6 Å². The van der Waals surface area contributed by atoms with Crippen LogP contribution in [0.4, 0.5) is 0 Å². The predicted molar refractivity (Wildman–Crippen MR) is 107 cm³/mol. The molecule has 1 aromatic rings. The lowest BCUT2D eigenvalue weighted by Crippen LogP contribution is -2.60. The number of aromatic nitrogens is 1. The molecule has 4 nitrogen and oxygen atoms in total. The summed E-state index contributed by atoms with van der Waals surface area (Å²) in [6, 6.07) is 4.08. The van der Waals surface area contributed by atoms with Gasteiger partial charge < -0.3 is 10.2 Å². The molecule has 2 fully saturated rings. The van der Waals surface area contributed by atoms with E-state index in [0.717, 1.165) is 36.8 Å². The monoisotopic (exact) mass is 379 g/mol. The maximum absolute atomic E-state index is 12.0. The molecule has 0 unspecified atom stereocenters. The first-order chi connectivity index (χ1) is 13.3. The summed E-state index contributed by atoms with van der Waals surface area (Å²) in [7, 11) is 0. The molecule has 4 heteroatoms. The minimum Gasteiger partial charge on any atom is -0.365 e. The normalized spacial score (nSPS) is 41.4. The molecular formula is C24H29NO3. The zero-order valence-corrected chi connectivity index (χ0v) is 16.7. The summed E-state index contributed by atoms with van der Waals surface area (Å²) < 4.78 is 0. The van der Waals surface area contributed by atoms with Crippen LogP contribution in [-0.2, 0) is 4.79 Å². The van der Waals surface area contributed by atoms with Crippen LogP contribution in [0.2, 0.25) is 0 Å². The molecule has 5 atom stereocenters. The van der Waals surface area contributed by atoms with Crippen molar-refractivity contribution in [3.8, 4) is 0 Å². The lowest BCUT2D eigenvalue weighted by Gasteiger charge is -2.61. The summed E-state index contributed by atoms with van der Waals surface area (Å²) in [5, 5.41) is 22.4. The molecule has 0 amide bonds. The van der Waals surface area contributed by atoms with Gasteiger partial charge in [0.2, 0.25) is 0 Å². The summed E-state index contributed by atoms with van der Waals surface area (Å²) in [5.41, 5.74) is 3.26. The highest BCUT2D eigenvalue weighted by molar-refractivity contribution is 5.91. The largest absolute Gasteiger partial charge is 0.365 e. The maximum atomic E-state index is 12.0. The number of nitrogens with zero attached hydrogens (tertiary/aromatic N) is 1. The van der Waals surface area contributed by atoms with Gasteiger partial charge in [-0.2, -0.15) is 0 Å². The van der Waals surface area contributed by atoms with Crippen molar-refractivity contribution in [3.05, 3.63) is 47.8 Å². The van der Waals surface area contributed by atoms with Gasteiger partial charge in [0.25, 0.3) is 0 Å². The van der Waals surface area contributed by atoms with Crippen LogP contribution >= 0.6 is 0 Å². The average Bonchev–Trinajstić information content (AvgIpc) is 3.01. The van der Waals surface area contributed by atoms with Gasteiger partial charge in [-0.3, -0.25) is 9.78 Å². The molecule has 0 bridgehead atoms. The molecule has 0 aliphatic heterocycles. The van der Waals surface area contributed by atoms with E-state index in [1.165, 1.54) is 5.57 Å². The van der Waals surface area contributed by atoms with Gasteiger partial charge in [0, 0.05) is 31.2 Å². The predicted octanol–water partition coefficient (Wildman–Crippen LogP) is 3.90. The number of carbonyl (C=O) groups is 1. The number of carbonyl (C=O) groups excluding carboxylic acids is 1. The van der Waals surface area contributed by atoms with Crippen LogP contribution in [0, 0.1) is 28.6 Å². The molecule has 4 aliphatic rings. The zero-order valence-electron chi connectivity index (χ0n) is 16.7. The number of hydrogen-bond donors (Lipinski definition) is 2. The van der Waals surface area contributed by atoms with Crippen LogP contribution in [0.25, 0.3) is 5.57 Å². The minimum atomic E-state index is -1.75. The Hall–Kier alpha value is -1.78. The van der Waals surface area contributed by atoms with Crippen LogP contribution in [0.5, 0.6) is 0 Å². The molecule has 148 valence electrons. The Bertz CT molecular complexity index is 886. The molecule has 0 aromatic carbocycles. The van der Waals surface area contributed by atoms with Crippen molar-refractivity contribution in [2.75, 3.05) is 0 Å². The topological polar surface area (TPSA) is 70.4 Å². The van der Waals surface area contributed by atoms with Gasteiger partial charge in [0.15, 0.2) is 11.6 Å². The third-order valence-corrected chi connectivity index (χ3v) is 8.59. The quantitative estimate of drug-likeness (QED) is 0.726. The maximum Gasteiger partial charge on any atom is 0.169 e. The SMILES string of the molecule is C[C@]12CCC(=O)C=C1CC(O)(O)[C@@H]1[C@H]2CC[C@]2(C)C(c3cccnc3)=CC[C@@H]12. The highest BCUT2D eigenvalue weighted by atomic mass is 16.5. The van der Waals surface area contributed by atoms with Gasteiger partial charge in [0.1, 0.15) is 0 Å². The van der Waals surface area contributed by atoms with Crippen LogP contribution in [0.1, 0.15) is 57.9 Å². The Kier molecular flexibility index (Phi) is 3.83. The zero-order chi connectivity index (χ0) is 19.7. The van der Waals surface area contributed by atoms with Crippen molar-refractivity contribution < 1.29 is 15.0 Å². The highest BCUT2D eigenvalue weighted by Gasteiger charge is 2.64. The standard InChI is InChI=1S/C24H29NO3/c1-22-9-7-17(26)12-16(22)13-24(27,28)21-19-6-5-18(15-4-3-11-25-14-15)23(19,2)10-8-20(21)22/h3-5,11-12,14,19-21,27-28H,6-10,13H2,1-2H3/t19-,20+,21-,22-,23+/m0/s1. The molecular weight excluding hydrogens is 350 g/mol. The van der Waals surface area contributed by atoms with Gasteiger partial charge in [-0.15, -0.1) is 0 Å². The van der Waals surface area contributed by atoms with Crippen molar-refractivity contribution in [3.63, 3.8) is 0 Å². The molecule has 2 saturated carbocycles. The van der Waals surface area contributed by atoms with Crippen molar-refractivity contribution >= 4 is 11.4 Å². The number of aliphatic hydroxyl groups is 2. The van der Waals surface area contributed by atoms with Crippen molar-refractivity contribution in [1.29, 1.82) is 0 Å². The third-order valence-electron chi connectivity index (χ3n) is 8.59. The Morgan fingerprint density at radius 2 is 1.96 bits per heavy atom. The van der Waals surface area contributed by atoms with E-state index in [2.05, 4.69) is 31.0 Å². The number of hydrogen-bond acceptors (Lipinski definition) is 4. The number of rotatable bonds is 1. The lowest BCUT2D eigenvalue weighted by atomic mass is 9.45. The van der Waals surface area contributed by atoms with Crippen molar-refractivity contribution in [2.45, 2.75) is 58.2 Å². The Morgan fingerprint density at radius 1 is 1.14 bits per heavy atom. The third kappa shape index (κ3) is 2.37. The van der Waals surface area contributed by atoms with Gasteiger partial charge >= 0.3 is 0 Å². The number of ketones is 1. The molecule has 1 heterocycles. The Balaban J connectivity index is 1.56. The molecule has 0 spiro atoms. The van der Waals surface area contributed by atoms with E-state index in [1.54, 1.807) is 12.3 Å². The lowest BCUT2D eigenvalue weighted by molar-refractivity contribution is -0.265. The summed E-state index contributed by atoms with van der Waals surface area (Å²) >= 11 is 0. The average molecular weight is 380 g/mol. The van der Waals surface area contributed by atoms with E-state index in [-0.39, 0.29) is 40.8 Å². The van der Waals surface area contributed by atoms with Crippen LogP contribution < -0.4 is 0 Å². The molecule has 4 aliphatic carbocycles. The van der Waals surface area contributed by atoms with E-state index >= 15 is 0 Å². The summed E-state index contributed by atoms with van der Waals surface area (Å²) in [6.45, 7) is 4.55. The van der Waals surface area contributed by atoms with E-state index in [0.29, 0.717) is 6.42 Å². The number of fused-ring (bicyclic) bond motifs is 5. The molecule has 1 aromatic heterocycles. The van der Waals surface area contributed by atoms with Crippen molar-refractivity contribution in [2.24, 2.45) is 28.6 Å². The Morgan fingerprint density at radius 3 is 2.71 bits per heavy atom. The molecule has 5 rings (SSSR count). The van der Waals surface area contributed by atoms with Gasteiger partial charge in [0.05, 0.1) is 0 Å². The van der Waals surface area contributed by atoms with Crippen LogP contribution in [0.15, 0.2) is 42.3 Å². The highest BCUT2D eigenvalue weighted by Crippen LogP contribution is 2.68. The van der Waals surface area contributed by atoms with Crippen LogP contribution in [0.3, 0.4) is 0 Å². The molecule has 0 radical (unpaired) electrons. The van der Waals surface area contributed by atoms with Gasteiger partial charge in [-0.25, -0.2) is 0 Å². The molecule has 0 saturated heterocycles. The second-order valence-corrected chi connectivity index (χ2v) is 9.90. The second kappa shape index (κ2) is 5.87. The first-order valence-corrected chi connectivity index (χ1v) is 10.6. The summed E-state index contributed by atoms with van der Waals surface area (Å²) in [5.74, 6) is -1.39. The van der Waals surface area contributed by atoms with Crippen LogP contribution in [-0.4, -0.2) is 26.8 Å². The summed E-state index contributed by atoms with van der Waals surface area (Å²) in [4.78, 5) is 16.3. The smallest absolute Gasteiger partial charge is 0.169 e. The van der Waals surface area contributed by atoms with Crippen molar-refractivity contribution in [1.82, 2.24) is 4.98 Å². The first-order valence-electron chi connectivity index (χ1n) is 10.6. The van der Waals surface area contributed by atoms with E-state index in [9.17, 15) is 15.0 Å². The molecule has 28 heavy (non-hydrogen) atoms. The van der Waals surface area contributed by atoms with E-state index < -0.39 is 5.79 Å². The second-order valence-electron chi connectivity index (χ2n) is 9.90. The van der Waals surface area contributed by atoms with Gasteiger partial charge in [-0.1, -0.05) is 31.6 Å². The number of pyridine rings is 1. The first kappa shape index (κ1) is 18.3. The fourth-order valence-corrected chi connectivity index (χ4v) is 7.09.